The third-order valence-electron chi connectivity index (χ3n) is 3.84. The molecule has 3 rings (SSSR count). The van der Waals surface area contributed by atoms with Crippen LogP contribution in [0.5, 0.6) is 0 Å². The molecule has 1 aromatic heterocycles. The van der Waals surface area contributed by atoms with Crippen molar-refractivity contribution in [2.45, 2.75) is 25.4 Å². The molecule has 0 radical (unpaired) electrons. The highest BCUT2D eigenvalue weighted by Gasteiger charge is 2.33. The van der Waals surface area contributed by atoms with E-state index in [9.17, 15) is 9.18 Å². The Morgan fingerprint density at radius 2 is 2.29 bits per heavy atom. The molecule has 1 fully saturated rings. The fourth-order valence-corrected chi connectivity index (χ4v) is 2.80. The maximum Gasteiger partial charge on any atom is 0.249 e. The number of rotatable bonds is 5. The molecule has 0 unspecified atom stereocenters. The predicted octanol–water partition coefficient (Wildman–Crippen LogP) is 2.81. The molecular formula is C16H15ClFN5O. The van der Waals surface area contributed by atoms with Gasteiger partial charge < -0.3 is 10.2 Å². The van der Waals surface area contributed by atoms with Crippen LogP contribution in [0, 0.1) is 17.1 Å². The summed E-state index contributed by atoms with van der Waals surface area (Å²) in [5, 5.41) is 16.0. The number of anilines is 2. The Kier molecular flexibility index (Phi) is 4.67. The van der Waals surface area contributed by atoms with Gasteiger partial charge in [0.1, 0.15) is 17.7 Å². The molecule has 1 aliphatic rings. The van der Waals surface area contributed by atoms with E-state index in [0.717, 1.165) is 0 Å². The van der Waals surface area contributed by atoms with Crippen LogP contribution in [0.4, 0.5) is 15.9 Å². The van der Waals surface area contributed by atoms with Gasteiger partial charge in [-0.2, -0.15) is 10.4 Å². The number of carbonyl (C=O) groups is 1. The lowest BCUT2D eigenvalue weighted by atomic mass is 10.2. The molecule has 1 N–H and O–H groups in total. The summed E-state index contributed by atoms with van der Waals surface area (Å²) >= 11 is 5.79. The average Bonchev–Trinajstić information content (AvgIpc) is 3.16. The first-order valence-corrected chi connectivity index (χ1v) is 7.89. The number of nitriles is 1. The Hall–Kier alpha value is -2.59. The number of nitrogens with one attached hydrogen (secondary N) is 1. The molecule has 1 aromatic carbocycles. The van der Waals surface area contributed by atoms with Crippen molar-refractivity contribution in [3.8, 4) is 6.07 Å². The predicted molar refractivity (Wildman–Crippen MR) is 88.2 cm³/mol. The van der Waals surface area contributed by atoms with E-state index in [1.165, 1.54) is 18.2 Å². The molecule has 1 amide bonds. The van der Waals surface area contributed by atoms with E-state index in [-0.39, 0.29) is 10.9 Å². The van der Waals surface area contributed by atoms with Gasteiger partial charge in [0.15, 0.2) is 0 Å². The molecule has 2 heterocycles. The number of aromatic nitrogens is 2. The molecule has 1 aliphatic heterocycles. The first kappa shape index (κ1) is 16.3. The van der Waals surface area contributed by atoms with Gasteiger partial charge in [-0.15, -0.1) is 0 Å². The van der Waals surface area contributed by atoms with Crippen LogP contribution in [-0.4, -0.2) is 28.3 Å². The van der Waals surface area contributed by atoms with E-state index in [2.05, 4.69) is 16.5 Å². The lowest BCUT2D eigenvalue weighted by Gasteiger charge is -2.17. The smallest absolute Gasteiger partial charge is 0.249 e. The van der Waals surface area contributed by atoms with E-state index >= 15 is 0 Å². The van der Waals surface area contributed by atoms with Crippen LogP contribution in [0.3, 0.4) is 0 Å². The first-order chi connectivity index (χ1) is 11.6. The Bertz CT molecular complexity index is 800. The molecule has 0 saturated carbocycles. The van der Waals surface area contributed by atoms with Crippen LogP contribution in [-0.2, 0) is 11.3 Å². The van der Waals surface area contributed by atoms with Crippen LogP contribution >= 0.6 is 11.6 Å². The number of carbonyl (C=O) groups excluding carboxylic acids is 1. The summed E-state index contributed by atoms with van der Waals surface area (Å²) in [6, 6.07) is 7.67. The third-order valence-corrected chi connectivity index (χ3v) is 4.13. The fraction of sp³-hybridized carbons (Fsp3) is 0.312. The topological polar surface area (TPSA) is 74.0 Å². The Labute approximate surface area is 143 Å². The van der Waals surface area contributed by atoms with Crippen LogP contribution in [0.25, 0.3) is 0 Å². The lowest BCUT2D eigenvalue weighted by molar-refractivity contribution is -0.117. The van der Waals surface area contributed by atoms with Crippen LogP contribution < -0.4 is 10.2 Å². The van der Waals surface area contributed by atoms with Crippen molar-refractivity contribution in [1.82, 2.24) is 9.78 Å². The lowest BCUT2D eigenvalue weighted by Crippen LogP contribution is -2.33. The van der Waals surface area contributed by atoms with Crippen molar-refractivity contribution in [3.63, 3.8) is 0 Å². The highest BCUT2D eigenvalue weighted by atomic mass is 35.5. The summed E-state index contributed by atoms with van der Waals surface area (Å²) in [5.41, 5.74) is 0.579. The van der Waals surface area contributed by atoms with Gasteiger partial charge in [-0.05, 0) is 24.6 Å². The molecule has 1 saturated heterocycles. The molecule has 0 aliphatic carbocycles. The third kappa shape index (κ3) is 3.34. The second-order valence-corrected chi connectivity index (χ2v) is 5.85. The Morgan fingerprint density at radius 1 is 1.46 bits per heavy atom. The second kappa shape index (κ2) is 6.89. The summed E-state index contributed by atoms with van der Waals surface area (Å²) in [6.45, 7) is 1.03. The minimum Gasteiger partial charge on any atom is -0.357 e. The zero-order valence-electron chi connectivity index (χ0n) is 12.7. The summed E-state index contributed by atoms with van der Waals surface area (Å²) < 4.78 is 14.9. The van der Waals surface area contributed by atoms with E-state index < -0.39 is 11.9 Å². The van der Waals surface area contributed by atoms with E-state index in [0.29, 0.717) is 37.4 Å². The van der Waals surface area contributed by atoms with Crippen molar-refractivity contribution >= 4 is 29.0 Å². The molecule has 0 spiro atoms. The molecule has 2 aromatic rings. The van der Waals surface area contributed by atoms with Gasteiger partial charge in [-0.3, -0.25) is 9.48 Å². The monoisotopic (exact) mass is 347 g/mol. The number of halogens is 2. The van der Waals surface area contributed by atoms with Gasteiger partial charge in [-0.1, -0.05) is 11.6 Å². The van der Waals surface area contributed by atoms with E-state index in [4.69, 9.17) is 16.9 Å². The second-order valence-electron chi connectivity index (χ2n) is 5.45. The Morgan fingerprint density at radius 3 is 3.04 bits per heavy atom. The van der Waals surface area contributed by atoms with Crippen molar-refractivity contribution in [2.24, 2.45) is 0 Å². The standard InChI is InChI=1S/C16H15ClFN5O/c17-12-10-11(2-3-13(12)18)23-9-4-14(16(23)24)20-15-5-8-22(21-15)7-1-6-19/h2-3,5,8,10,14H,1,4,7,9H2,(H,20,21)/t14-/m1/s1. The molecule has 1 atom stereocenters. The van der Waals surface area contributed by atoms with Gasteiger partial charge in [0.25, 0.3) is 0 Å². The van der Waals surface area contributed by atoms with Gasteiger partial charge >= 0.3 is 0 Å². The molecule has 0 bridgehead atoms. The number of amides is 1. The maximum absolute atomic E-state index is 13.3. The summed E-state index contributed by atoms with van der Waals surface area (Å²) in [7, 11) is 0. The first-order valence-electron chi connectivity index (χ1n) is 7.52. The minimum atomic E-state index is -0.510. The summed E-state index contributed by atoms with van der Waals surface area (Å²) in [6.07, 6.45) is 2.75. The summed E-state index contributed by atoms with van der Waals surface area (Å²) in [5.74, 6) is -0.0285. The largest absolute Gasteiger partial charge is 0.357 e. The van der Waals surface area contributed by atoms with Gasteiger partial charge in [0, 0.05) is 24.5 Å². The molecule has 6 nitrogen and oxygen atoms in total. The molecule has 8 heteroatoms. The fourth-order valence-electron chi connectivity index (χ4n) is 2.63. The number of hydrogen-bond acceptors (Lipinski definition) is 4. The molecular weight excluding hydrogens is 333 g/mol. The zero-order chi connectivity index (χ0) is 17.1. The van der Waals surface area contributed by atoms with Crippen molar-refractivity contribution in [1.29, 1.82) is 5.26 Å². The van der Waals surface area contributed by atoms with Crippen molar-refractivity contribution in [2.75, 3.05) is 16.8 Å². The van der Waals surface area contributed by atoms with Crippen molar-refractivity contribution < 1.29 is 9.18 Å². The highest BCUT2D eigenvalue weighted by Crippen LogP contribution is 2.27. The van der Waals surface area contributed by atoms with Crippen LogP contribution in [0.2, 0.25) is 5.02 Å². The summed E-state index contributed by atoms with van der Waals surface area (Å²) in [4.78, 5) is 14.1. The van der Waals surface area contributed by atoms with Crippen LogP contribution in [0.15, 0.2) is 30.5 Å². The maximum atomic E-state index is 13.3. The SMILES string of the molecule is N#CCCn1ccc(N[C@@H]2CCN(c3ccc(F)c(Cl)c3)C2=O)n1. The minimum absolute atomic E-state index is 0.00653. The molecule has 124 valence electrons. The zero-order valence-corrected chi connectivity index (χ0v) is 13.5. The van der Waals surface area contributed by atoms with E-state index in [1.807, 2.05) is 0 Å². The van der Waals surface area contributed by atoms with Gasteiger partial charge in [0.2, 0.25) is 5.91 Å². The van der Waals surface area contributed by atoms with Gasteiger partial charge in [0.05, 0.1) is 24.1 Å². The van der Waals surface area contributed by atoms with Crippen LogP contribution in [0.1, 0.15) is 12.8 Å². The Balaban J connectivity index is 1.66. The quantitative estimate of drug-likeness (QED) is 0.902. The number of nitrogens with zero attached hydrogens (tertiary/aromatic N) is 4. The van der Waals surface area contributed by atoms with E-state index in [1.54, 1.807) is 21.8 Å². The number of hydrogen-bond donors (Lipinski definition) is 1. The normalized spacial score (nSPS) is 17.1. The highest BCUT2D eigenvalue weighted by molar-refractivity contribution is 6.31. The molecule has 24 heavy (non-hydrogen) atoms. The number of benzene rings is 1. The average molecular weight is 348 g/mol. The van der Waals surface area contributed by atoms with Gasteiger partial charge in [-0.25, -0.2) is 4.39 Å². The number of aryl methyl sites for hydroxylation is 1. The van der Waals surface area contributed by atoms with Crippen molar-refractivity contribution in [3.05, 3.63) is 41.3 Å².